The maximum absolute atomic E-state index is 13.7. The Morgan fingerprint density at radius 3 is 2.67 bits per heavy atom. The fourth-order valence-corrected chi connectivity index (χ4v) is 4.61. The lowest BCUT2D eigenvalue weighted by molar-refractivity contribution is -0.116. The number of phenols is 1. The summed E-state index contributed by atoms with van der Waals surface area (Å²) in [6, 6.07) is 12.2. The van der Waals surface area contributed by atoms with Gasteiger partial charge in [0.05, 0.1) is 5.69 Å². The van der Waals surface area contributed by atoms with Crippen molar-refractivity contribution in [2.45, 2.75) is 12.3 Å². The molecule has 1 aliphatic heterocycles. The van der Waals surface area contributed by atoms with Crippen molar-refractivity contribution in [2.24, 2.45) is 0 Å². The zero-order valence-corrected chi connectivity index (χ0v) is 14.7. The third-order valence-corrected chi connectivity index (χ3v) is 5.78. The predicted octanol–water partition coefficient (Wildman–Crippen LogP) is 4.43. The second-order valence-electron chi connectivity index (χ2n) is 6.26. The van der Waals surface area contributed by atoms with E-state index in [0.717, 1.165) is 16.9 Å². The summed E-state index contributed by atoms with van der Waals surface area (Å²) in [6.45, 7) is 0. The first-order chi connectivity index (χ1) is 12.9. The fourth-order valence-electron chi connectivity index (χ4n) is 3.37. The number of nitrogens with one attached hydrogen (secondary N) is 1. The Kier molecular flexibility index (Phi) is 4.16. The zero-order valence-electron chi connectivity index (χ0n) is 13.9. The minimum Gasteiger partial charge on any atom is -0.508 e. The number of halogens is 1. The van der Waals surface area contributed by atoms with E-state index in [4.69, 9.17) is 0 Å². The van der Waals surface area contributed by atoms with Crippen LogP contribution in [0.2, 0.25) is 0 Å². The number of aromatic hydroxyl groups is 1. The van der Waals surface area contributed by atoms with Crippen LogP contribution in [0.1, 0.15) is 32.5 Å². The highest BCUT2D eigenvalue weighted by Gasteiger charge is 2.34. The molecule has 0 radical (unpaired) electrons. The molecule has 0 spiro atoms. The number of benzene rings is 2. The Hall–Kier alpha value is -3.19. The smallest absolute Gasteiger partial charge is 0.346 e. The summed E-state index contributed by atoms with van der Waals surface area (Å²) in [5.41, 5.74) is 1.81. The van der Waals surface area contributed by atoms with Gasteiger partial charge in [0.1, 0.15) is 16.4 Å². The number of carbonyl (C=O) groups is 2. The lowest BCUT2D eigenvalue weighted by Crippen LogP contribution is -2.22. The molecule has 1 aromatic heterocycles. The number of aromatic carboxylic acids is 1. The number of phenolic OH excluding ortho intramolecular Hbond substituents is 1. The SMILES string of the molecule is O=C1C[C@@H](c2cccc(O)c2)c2sc(C(=O)O)c(-c3cccc(F)c3)c2N1. The standard InChI is InChI=1S/C20H14FNO4S/c21-12-5-1-4-11(7-12)16-17-18(27-19(16)20(25)26)14(9-15(24)22-17)10-3-2-6-13(23)8-10/h1-8,14,23H,9H2,(H,22,24)(H,25,26)/t14-/m0/s1. The van der Waals surface area contributed by atoms with Crippen LogP contribution < -0.4 is 5.32 Å². The van der Waals surface area contributed by atoms with Gasteiger partial charge in [0.15, 0.2) is 0 Å². The van der Waals surface area contributed by atoms with Crippen LogP contribution >= 0.6 is 11.3 Å². The van der Waals surface area contributed by atoms with Gasteiger partial charge in [0.2, 0.25) is 5.91 Å². The summed E-state index contributed by atoms with van der Waals surface area (Å²) < 4.78 is 13.7. The summed E-state index contributed by atoms with van der Waals surface area (Å²) in [6.07, 6.45) is 0.138. The number of carboxylic acids is 1. The van der Waals surface area contributed by atoms with Gasteiger partial charge in [-0.05, 0) is 35.4 Å². The van der Waals surface area contributed by atoms with E-state index < -0.39 is 11.8 Å². The van der Waals surface area contributed by atoms with Gasteiger partial charge in [-0.2, -0.15) is 0 Å². The van der Waals surface area contributed by atoms with Crippen molar-refractivity contribution in [1.82, 2.24) is 0 Å². The zero-order chi connectivity index (χ0) is 19.1. The predicted molar refractivity (Wildman–Crippen MR) is 99.9 cm³/mol. The van der Waals surface area contributed by atoms with E-state index in [1.54, 1.807) is 24.3 Å². The largest absolute Gasteiger partial charge is 0.508 e. The number of amides is 1. The summed E-state index contributed by atoms with van der Waals surface area (Å²) in [5, 5.41) is 22.2. The van der Waals surface area contributed by atoms with Crippen molar-refractivity contribution >= 4 is 28.9 Å². The third-order valence-electron chi connectivity index (χ3n) is 4.49. The molecule has 2 aromatic carbocycles. The molecule has 0 saturated heterocycles. The minimum absolute atomic E-state index is 0.0398. The molecule has 1 amide bonds. The minimum atomic E-state index is -1.14. The number of fused-ring (bicyclic) bond motifs is 1. The molecule has 4 rings (SSSR count). The summed E-state index contributed by atoms with van der Waals surface area (Å²) in [5.74, 6) is -2.21. The van der Waals surface area contributed by atoms with Crippen molar-refractivity contribution in [3.8, 4) is 16.9 Å². The van der Waals surface area contributed by atoms with Crippen LogP contribution in [0.5, 0.6) is 5.75 Å². The van der Waals surface area contributed by atoms with Gasteiger partial charge in [-0.3, -0.25) is 4.79 Å². The normalized spacial score (nSPS) is 15.9. The molecule has 0 fully saturated rings. The molecule has 3 aromatic rings. The number of anilines is 1. The van der Waals surface area contributed by atoms with Crippen LogP contribution in [0.15, 0.2) is 48.5 Å². The van der Waals surface area contributed by atoms with Gasteiger partial charge in [-0.25, -0.2) is 9.18 Å². The highest BCUT2D eigenvalue weighted by Crippen LogP contribution is 2.49. The van der Waals surface area contributed by atoms with E-state index in [-0.39, 0.29) is 28.9 Å². The lowest BCUT2D eigenvalue weighted by atomic mass is 9.88. The van der Waals surface area contributed by atoms with Gasteiger partial charge in [0, 0.05) is 22.8 Å². The number of carboxylic acid groups (broad SMARTS) is 1. The maximum Gasteiger partial charge on any atom is 0.346 e. The van der Waals surface area contributed by atoms with Gasteiger partial charge >= 0.3 is 5.97 Å². The molecule has 5 nitrogen and oxygen atoms in total. The van der Waals surface area contributed by atoms with Gasteiger partial charge < -0.3 is 15.5 Å². The average molecular weight is 383 g/mol. The van der Waals surface area contributed by atoms with Crippen LogP contribution in [-0.2, 0) is 4.79 Å². The molecule has 2 heterocycles. The van der Waals surface area contributed by atoms with Crippen LogP contribution in [-0.4, -0.2) is 22.1 Å². The van der Waals surface area contributed by atoms with E-state index in [2.05, 4.69) is 5.32 Å². The molecule has 0 aliphatic carbocycles. The van der Waals surface area contributed by atoms with Crippen molar-refractivity contribution < 1.29 is 24.2 Å². The Morgan fingerprint density at radius 1 is 1.19 bits per heavy atom. The van der Waals surface area contributed by atoms with E-state index in [1.165, 1.54) is 24.3 Å². The lowest BCUT2D eigenvalue weighted by Gasteiger charge is -2.24. The topological polar surface area (TPSA) is 86.6 Å². The molecule has 1 atom stereocenters. The van der Waals surface area contributed by atoms with Crippen LogP contribution in [0, 0.1) is 5.82 Å². The molecule has 3 N–H and O–H groups in total. The highest BCUT2D eigenvalue weighted by atomic mass is 32.1. The first kappa shape index (κ1) is 17.2. The second-order valence-corrected chi connectivity index (χ2v) is 7.31. The number of rotatable bonds is 3. The molecule has 0 unspecified atom stereocenters. The molecule has 1 aliphatic rings. The average Bonchev–Trinajstić information content (AvgIpc) is 3.00. The molecular weight excluding hydrogens is 369 g/mol. The van der Waals surface area contributed by atoms with Gasteiger partial charge in [0.25, 0.3) is 0 Å². The first-order valence-electron chi connectivity index (χ1n) is 8.18. The van der Waals surface area contributed by atoms with E-state index >= 15 is 0 Å². The fraction of sp³-hybridized carbons (Fsp3) is 0.100. The molecule has 7 heteroatoms. The van der Waals surface area contributed by atoms with Crippen molar-refractivity contribution in [1.29, 1.82) is 0 Å². The van der Waals surface area contributed by atoms with E-state index in [9.17, 15) is 24.2 Å². The number of hydrogen-bond donors (Lipinski definition) is 3. The second kappa shape index (κ2) is 6.51. The van der Waals surface area contributed by atoms with Crippen LogP contribution in [0.3, 0.4) is 0 Å². The molecule has 0 bridgehead atoms. The van der Waals surface area contributed by atoms with Crippen molar-refractivity contribution in [3.05, 3.63) is 69.7 Å². The van der Waals surface area contributed by atoms with Crippen molar-refractivity contribution in [3.63, 3.8) is 0 Å². The first-order valence-corrected chi connectivity index (χ1v) is 9.00. The van der Waals surface area contributed by atoms with Gasteiger partial charge in [-0.1, -0.05) is 24.3 Å². The molecule has 136 valence electrons. The number of thiophene rings is 1. The summed E-state index contributed by atoms with van der Waals surface area (Å²) >= 11 is 1.06. The van der Waals surface area contributed by atoms with E-state index in [1.807, 2.05) is 0 Å². The Morgan fingerprint density at radius 2 is 1.96 bits per heavy atom. The summed E-state index contributed by atoms with van der Waals surface area (Å²) in [4.78, 5) is 24.9. The van der Waals surface area contributed by atoms with Gasteiger partial charge in [-0.15, -0.1) is 11.3 Å². The Balaban J connectivity index is 1.95. The maximum atomic E-state index is 13.7. The van der Waals surface area contributed by atoms with Crippen LogP contribution in [0.4, 0.5) is 10.1 Å². The highest BCUT2D eigenvalue weighted by molar-refractivity contribution is 7.15. The summed E-state index contributed by atoms with van der Waals surface area (Å²) in [7, 11) is 0. The quantitative estimate of drug-likeness (QED) is 0.624. The Bertz CT molecular complexity index is 1080. The Labute approximate surface area is 157 Å². The number of hydrogen-bond acceptors (Lipinski definition) is 4. The molecule has 0 saturated carbocycles. The number of carbonyl (C=O) groups excluding carboxylic acids is 1. The van der Waals surface area contributed by atoms with E-state index in [0.29, 0.717) is 21.7 Å². The van der Waals surface area contributed by atoms with Crippen LogP contribution in [0.25, 0.3) is 11.1 Å². The molecular formula is C20H14FNO4S. The third kappa shape index (κ3) is 3.06. The monoisotopic (exact) mass is 383 g/mol. The molecule has 27 heavy (non-hydrogen) atoms. The van der Waals surface area contributed by atoms with Crippen molar-refractivity contribution in [2.75, 3.05) is 5.32 Å².